The monoisotopic (exact) mass is 344 g/mol. The minimum Gasteiger partial charge on any atom is -0.368 e. The highest BCUT2D eigenvalue weighted by Crippen LogP contribution is 2.38. The third-order valence-electron chi connectivity index (χ3n) is 3.74. The largest absolute Gasteiger partial charge is 0.368 e. The number of halogens is 1. The minimum atomic E-state index is 0.364. The molecule has 0 amide bonds. The molecule has 0 radical (unpaired) electrons. The van der Waals surface area contributed by atoms with Crippen LogP contribution in [0.5, 0.6) is 0 Å². The summed E-state index contributed by atoms with van der Waals surface area (Å²) in [5.41, 5.74) is 0. The summed E-state index contributed by atoms with van der Waals surface area (Å²) in [6.07, 6.45) is 10.7. The molecule has 106 valence electrons. The Balaban J connectivity index is 2.04. The molecule has 0 atom stereocenters. The fourth-order valence-electron chi connectivity index (χ4n) is 2.51. The lowest BCUT2D eigenvalue weighted by molar-refractivity contribution is 0.411. The maximum Gasteiger partial charge on any atom is 0.224 e. The normalized spacial score (nSPS) is 18.1. The molecule has 1 aromatic rings. The van der Waals surface area contributed by atoms with Crippen molar-refractivity contribution < 1.29 is 0 Å². The van der Waals surface area contributed by atoms with Crippen LogP contribution < -0.4 is 10.6 Å². The fourth-order valence-corrected chi connectivity index (χ4v) is 3.75. The van der Waals surface area contributed by atoms with E-state index in [9.17, 15) is 0 Å². The first kappa shape index (κ1) is 14.9. The van der Waals surface area contributed by atoms with Gasteiger partial charge >= 0.3 is 0 Å². The molecule has 4 nitrogen and oxygen atoms in total. The zero-order valence-electron chi connectivity index (χ0n) is 11.5. The number of rotatable bonds is 5. The molecule has 19 heavy (non-hydrogen) atoms. The Morgan fingerprint density at radius 3 is 2.74 bits per heavy atom. The summed E-state index contributed by atoms with van der Waals surface area (Å²) in [6, 6.07) is 0. The molecule has 2 rings (SSSR count). The van der Waals surface area contributed by atoms with Crippen LogP contribution in [0.25, 0.3) is 0 Å². The lowest BCUT2D eigenvalue weighted by Crippen LogP contribution is -2.35. The Morgan fingerprint density at radius 2 is 2.11 bits per heavy atom. The van der Waals surface area contributed by atoms with Crippen LogP contribution in [0.2, 0.25) is 0 Å². The fraction of sp³-hybridized carbons (Fsp3) is 0.692. The van der Waals surface area contributed by atoms with Gasteiger partial charge in [0.25, 0.3) is 0 Å². The summed E-state index contributed by atoms with van der Waals surface area (Å²) >= 11 is 5.49. The SMILES string of the molecule is CNc1ncc(Br)c(NCC2(SC)CCCCC2)n1. The van der Waals surface area contributed by atoms with Gasteiger partial charge < -0.3 is 10.6 Å². The standard InChI is InChI=1S/C13H21BrN4S/c1-15-12-16-8-10(14)11(18-12)17-9-13(19-2)6-4-3-5-7-13/h8H,3-7,9H2,1-2H3,(H2,15,16,17,18). The van der Waals surface area contributed by atoms with E-state index in [1.807, 2.05) is 18.8 Å². The van der Waals surface area contributed by atoms with Crippen LogP contribution in [-0.2, 0) is 0 Å². The molecule has 1 heterocycles. The van der Waals surface area contributed by atoms with Gasteiger partial charge in [0, 0.05) is 24.5 Å². The third-order valence-corrected chi connectivity index (χ3v) is 5.74. The first-order valence-electron chi connectivity index (χ1n) is 6.68. The van der Waals surface area contributed by atoms with E-state index >= 15 is 0 Å². The molecule has 2 N–H and O–H groups in total. The molecule has 0 unspecified atom stereocenters. The average Bonchev–Trinajstić information content (AvgIpc) is 2.47. The molecular weight excluding hydrogens is 324 g/mol. The summed E-state index contributed by atoms with van der Waals surface area (Å²) < 4.78 is 1.28. The number of hydrogen-bond donors (Lipinski definition) is 2. The second-order valence-corrected chi connectivity index (χ2v) is 7.07. The Bertz CT molecular complexity index is 421. The van der Waals surface area contributed by atoms with Gasteiger partial charge in [0.05, 0.1) is 4.47 Å². The number of aromatic nitrogens is 2. The number of nitrogens with one attached hydrogen (secondary N) is 2. The highest BCUT2D eigenvalue weighted by Gasteiger charge is 2.31. The Hall–Kier alpha value is -0.490. The van der Waals surface area contributed by atoms with Crippen LogP contribution >= 0.6 is 27.7 Å². The quantitative estimate of drug-likeness (QED) is 0.851. The van der Waals surface area contributed by atoms with Crippen molar-refractivity contribution in [1.29, 1.82) is 0 Å². The van der Waals surface area contributed by atoms with Crippen molar-refractivity contribution >= 4 is 39.5 Å². The van der Waals surface area contributed by atoms with Crippen LogP contribution in [0, 0.1) is 0 Å². The molecule has 0 bridgehead atoms. The predicted molar refractivity (Wildman–Crippen MR) is 87.1 cm³/mol. The van der Waals surface area contributed by atoms with Gasteiger partial charge in [0.15, 0.2) is 0 Å². The van der Waals surface area contributed by atoms with Crippen molar-refractivity contribution in [3.8, 4) is 0 Å². The van der Waals surface area contributed by atoms with Gasteiger partial charge in [-0.1, -0.05) is 19.3 Å². The molecule has 1 fully saturated rings. The molecule has 0 saturated heterocycles. The number of hydrogen-bond acceptors (Lipinski definition) is 5. The van der Waals surface area contributed by atoms with Crippen molar-refractivity contribution in [2.45, 2.75) is 36.9 Å². The van der Waals surface area contributed by atoms with E-state index in [1.54, 1.807) is 6.20 Å². The summed E-state index contributed by atoms with van der Waals surface area (Å²) in [5, 5.41) is 6.46. The highest BCUT2D eigenvalue weighted by atomic mass is 79.9. The zero-order chi connectivity index (χ0) is 13.7. The summed E-state index contributed by atoms with van der Waals surface area (Å²) in [4.78, 5) is 8.63. The molecule has 6 heteroatoms. The Morgan fingerprint density at radius 1 is 1.37 bits per heavy atom. The number of thioether (sulfide) groups is 1. The van der Waals surface area contributed by atoms with Crippen molar-refractivity contribution in [3.63, 3.8) is 0 Å². The molecule has 1 aromatic heterocycles. The summed E-state index contributed by atoms with van der Waals surface area (Å²) in [7, 11) is 1.83. The van der Waals surface area contributed by atoms with Crippen molar-refractivity contribution in [1.82, 2.24) is 9.97 Å². The Labute approximate surface area is 127 Å². The first-order valence-corrected chi connectivity index (χ1v) is 8.70. The van der Waals surface area contributed by atoms with Gasteiger partial charge in [0.1, 0.15) is 5.82 Å². The first-order chi connectivity index (χ1) is 9.19. The molecular formula is C13H21BrN4S. The second-order valence-electron chi connectivity index (χ2n) is 4.94. The van der Waals surface area contributed by atoms with Gasteiger partial charge in [-0.3, -0.25) is 0 Å². The van der Waals surface area contributed by atoms with Crippen LogP contribution in [0.4, 0.5) is 11.8 Å². The maximum absolute atomic E-state index is 4.45. The Kier molecular flexibility index (Phi) is 5.33. The lowest BCUT2D eigenvalue weighted by Gasteiger charge is -2.36. The minimum absolute atomic E-state index is 0.364. The highest BCUT2D eigenvalue weighted by molar-refractivity contribution is 9.10. The second kappa shape index (κ2) is 6.79. The smallest absolute Gasteiger partial charge is 0.224 e. The van der Waals surface area contributed by atoms with Crippen LogP contribution in [-0.4, -0.2) is 34.6 Å². The summed E-state index contributed by atoms with van der Waals surface area (Å²) in [5.74, 6) is 1.52. The molecule has 0 spiro atoms. The van der Waals surface area contributed by atoms with Crippen LogP contribution in [0.15, 0.2) is 10.7 Å². The predicted octanol–water partition coefficient (Wildman–Crippen LogP) is 3.76. The topological polar surface area (TPSA) is 49.8 Å². The van der Waals surface area contributed by atoms with Crippen molar-refractivity contribution in [3.05, 3.63) is 10.7 Å². The van der Waals surface area contributed by atoms with Gasteiger partial charge in [-0.25, -0.2) is 4.98 Å². The number of nitrogens with zero attached hydrogens (tertiary/aromatic N) is 2. The molecule has 0 aliphatic heterocycles. The number of anilines is 2. The van der Waals surface area contributed by atoms with E-state index in [-0.39, 0.29) is 0 Å². The van der Waals surface area contributed by atoms with E-state index in [0.29, 0.717) is 10.7 Å². The third kappa shape index (κ3) is 3.75. The lowest BCUT2D eigenvalue weighted by atomic mass is 9.88. The van der Waals surface area contributed by atoms with E-state index in [1.165, 1.54) is 32.1 Å². The van der Waals surface area contributed by atoms with Gasteiger partial charge in [-0.15, -0.1) is 0 Å². The van der Waals surface area contributed by atoms with E-state index < -0.39 is 0 Å². The maximum atomic E-state index is 4.45. The van der Waals surface area contributed by atoms with E-state index in [0.717, 1.165) is 16.8 Å². The molecule has 1 saturated carbocycles. The van der Waals surface area contributed by atoms with Gasteiger partial charge in [-0.2, -0.15) is 16.7 Å². The molecule has 0 aromatic carbocycles. The van der Waals surface area contributed by atoms with E-state index in [4.69, 9.17) is 0 Å². The molecule has 1 aliphatic rings. The zero-order valence-corrected chi connectivity index (χ0v) is 13.9. The van der Waals surface area contributed by atoms with Crippen LogP contribution in [0.1, 0.15) is 32.1 Å². The van der Waals surface area contributed by atoms with Crippen LogP contribution in [0.3, 0.4) is 0 Å². The molecule has 1 aliphatic carbocycles. The van der Waals surface area contributed by atoms with Crippen molar-refractivity contribution in [2.24, 2.45) is 0 Å². The van der Waals surface area contributed by atoms with Gasteiger partial charge in [0.2, 0.25) is 5.95 Å². The average molecular weight is 345 g/mol. The van der Waals surface area contributed by atoms with E-state index in [2.05, 4.69) is 42.8 Å². The van der Waals surface area contributed by atoms with Crippen molar-refractivity contribution in [2.75, 3.05) is 30.5 Å². The summed E-state index contributed by atoms with van der Waals surface area (Å²) in [6.45, 7) is 0.965. The van der Waals surface area contributed by atoms with Gasteiger partial charge in [-0.05, 0) is 35.0 Å².